The summed E-state index contributed by atoms with van der Waals surface area (Å²) in [7, 11) is 1.59. The lowest BCUT2D eigenvalue weighted by Gasteiger charge is -2.30. The molecule has 150 valence electrons. The molecule has 4 rings (SSSR count). The van der Waals surface area contributed by atoms with Crippen molar-refractivity contribution in [3.63, 3.8) is 0 Å². The van der Waals surface area contributed by atoms with Gasteiger partial charge in [-0.15, -0.1) is 0 Å². The molecular weight excluding hydrogens is 366 g/mol. The summed E-state index contributed by atoms with van der Waals surface area (Å²) >= 11 is 0. The van der Waals surface area contributed by atoms with E-state index < -0.39 is 17.7 Å². The topological polar surface area (TPSA) is 66.8 Å². The number of amides is 1. The van der Waals surface area contributed by atoms with Gasteiger partial charge in [0.05, 0.1) is 18.7 Å². The second-order valence-electron chi connectivity index (χ2n) is 7.78. The first-order chi connectivity index (χ1) is 14.0. The van der Waals surface area contributed by atoms with E-state index in [1.807, 2.05) is 43.3 Å². The predicted octanol–water partition coefficient (Wildman–Crippen LogP) is 4.37. The minimum Gasteiger partial charge on any atom is -0.507 e. The molecule has 2 aromatic carbocycles. The van der Waals surface area contributed by atoms with Crippen molar-refractivity contribution in [2.24, 2.45) is 0 Å². The fourth-order valence-electron chi connectivity index (χ4n) is 4.39. The number of ether oxygens (including phenoxy) is 1. The van der Waals surface area contributed by atoms with E-state index in [2.05, 4.69) is 0 Å². The van der Waals surface area contributed by atoms with Crippen molar-refractivity contribution in [2.75, 3.05) is 7.11 Å². The zero-order valence-corrected chi connectivity index (χ0v) is 16.7. The van der Waals surface area contributed by atoms with Gasteiger partial charge in [-0.3, -0.25) is 9.59 Å². The molecule has 1 amide bonds. The van der Waals surface area contributed by atoms with Crippen LogP contribution < -0.4 is 4.74 Å². The number of rotatable bonds is 4. The maximum Gasteiger partial charge on any atom is 0.295 e. The Morgan fingerprint density at radius 1 is 1.00 bits per heavy atom. The third kappa shape index (κ3) is 3.41. The molecule has 1 saturated carbocycles. The van der Waals surface area contributed by atoms with Gasteiger partial charge >= 0.3 is 0 Å². The molecule has 1 aliphatic heterocycles. The highest BCUT2D eigenvalue weighted by Gasteiger charge is 2.49. The molecule has 0 bridgehead atoms. The Kier molecular flexibility index (Phi) is 5.14. The molecule has 0 spiro atoms. The Balaban J connectivity index is 1.86. The Hall–Kier alpha value is -3.08. The fraction of sp³-hybridized carbons (Fsp3) is 0.333. The van der Waals surface area contributed by atoms with Crippen molar-refractivity contribution in [1.82, 2.24) is 4.90 Å². The van der Waals surface area contributed by atoms with E-state index in [4.69, 9.17) is 4.74 Å². The molecule has 2 aliphatic rings. The normalized spacial score (nSPS) is 21.7. The Morgan fingerprint density at radius 2 is 1.62 bits per heavy atom. The van der Waals surface area contributed by atoms with E-state index in [0.717, 1.165) is 36.8 Å². The molecule has 1 atom stereocenters. The summed E-state index contributed by atoms with van der Waals surface area (Å²) in [5.74, 6) is -0.558. The second kappa shape index (κ2) is 7.74. The van der Waals surface area contributed by atoms with Crippen molar-refractivity contribution in [2.45, 2.75) is 44.7 Å². The monoisotopic (exact) mass is 391 g/mol. The molecular formula is C24H25NO4. The Bertz CT molecular complexity index is 953. The Labute approximate surface area is 170 Å². The number of methoxy groups -OCH3 is 1. The third-order valence-electron chi connectivity index (χ3n) is 5.95. The molecule has 29 heavy (non-hydrogen) atoms. The number of likely N-dealkylation sites (tertiary alicyclic amines) is 1. The minimum absolute atomic E-state index is 0.0156. The number of aliphatic hydroxyl groups excluding tert-OH is 1. The van der Waals surface area contributed by atoms with Gasteiger partial charge < -0.3 is 14.7 Å². The van der Waals surface area contributed by atoms with Crippen LogP contribution >= 0.6 is 0 Å². The van der Waals surface area contributed by atoms with Crippen molar-refractivity contribution in [1.29, 1.82) is 0 Å². The first kappa shape index (κ1) is 19.2. The standard InChI is InChI=1S/C24H25NO4/c1-15-7-9-17(10-8-15)22(26)20-21(16-11-13-19(29-2)14-12-16)25(24(28)23(20)27)18-5-3-4-6-18/h7-14,18,21,26H,3-6H2,1-2H3/b22-20-. The average Bonchev–Trinajstić information content (AvgIpc) is 3.35. The van der Waals surface area contributed by atoms with Gasteiger partial charge in [-0.25, -0.2) is 0 Å². The molecule has 1 unspecified atom stereocenters. The van der Waals surface area contributed by atoms with Crippen molar-refractivity contribution in [3.8, 4) is 5.75 Å². The van der Waals surface area contributed by atoms with Crippen molar-refractivity contribution in [3.05, 3.63) is 70.8 Å². The molecule has 2 aromatic rings. The molecule has 1 N–H and O–H groups in total. The smallest absolute Gasteiger partial charge is 0.295 e. The van der Waals surface area contributed by atoms with Crippen LogP contribution in [0.1, 0.15) is 48.4 Å². The highest BCUT2D eigenvalue weighted by molar-refractivity contribution is 6.46. The second-order valence-corrected chi connectivity index (χ2v) is 7.78. The zero-order valence-electron chi connectivity index (χ0n) is 16.7. The quantitative estimate of drug-likeness (QED) is 0.477. The largest absolute Gasteiger partial charge is 0.507 e. The third-order valence-corrected chi connectivity index (χ3v) is 5.95. The summed E-state index contributed by atoms with van der Waals surface area (Å²) in [4.78, 5) is 27.7. The Morgan fingerprint density at radius 3 is 2.21 bits per heavy atom. The van der Waals surface area contributed by atoms with Gasteiger partial charge in [0.2, 0.25) is 0 Å². The van der Waals surface area contributed by atoms with Crippen LogP contribution in [0.4, 0.5) is 0 Å². The van der Waals surface area contributed by atoms with Gasteiger partial charge in [-0.2, -0.15) is 0 Å². The number of hydrogen-bond acceptors (Lipinski definition) is 4. The molecule has 1 aliphatic carbocycles. The van der Waals surface area contributed by atoms with E-state index in [1.54, 1.807) is 24.1 Å². The van der Waals surface area contributed by atoms with E-state index >= 15 is 0 Å². The van der Waals surface area contributed by atoms with Crippen LogP contribution in [0.25, 0.3) is 5.76 Å². The number of aryl methyl sites for hydroxylation is 1. The number of nitrogens with zero attached hydrogens (tertiary/aromatic N) is 1. The summed E-state index contributed by atoms with van der Waals surface area (Å²) in [6.45, 7) is 1.96. The van der Waals surface area contributed by atoms with Crippen LogP contribution in [-0.2, 0) is 9.59 Å². The maximum atomic E-state index is 13.0. The van der Waals surface area contributed by atoms with Gasteiger partial charge in [-0.05, 0) is 37.5 Å². The van der Waals surface area contributed by atoms with Crippen molar-refractivity contribution < 1.29 is 19.4 Å². The van der Waals surface area contributed by atoms with Gasteiger partial charge in [0.1, 0.15) is 11.5 Å². The minimum atomic E-state index is -0.615. The molecule has 1 saturated heterocycles. The first-order valence-corrected chi connectivity index (χ1v) is 10.0. The summed E-state index contributed by atoms with van der Waals surface area (Å²) < 4.78 is 5.25. The first-order valence-electron chi connectivity index (χ1n) is 10.0. The van der Waals surface area contributed by atoms with E-state index in [-0.39, 0.29) is 17.4 Å². The number of aliphatic hydroxyl groups is 1. The highest BCUT2D eigenvalue weighted by Crippen LogP contribution is 2.43. The molecule has 5 heteroatoms. The number of carbonyl (C=O) groups excluding carboxylic acids is 2. The van der Waals surface area contributed by atoms with E-state index in [0.29, 0.717) is 11.3 Å². The summed E-state index contributed by atoms with van der Waals surface area (Å²) in [5.41, 5.74) is 2.56. The predicted molar refractivity (Wildman–Crippen MR) is 111 cm³/mol. The fourth-order valence-corrected chi connectivity index (χ4v) is 4.39. The SMILES string of the molecule is COc1ccc(C2/C(=C(/O)c3ccc(C)cc3)C(=O)C(=O)N2C2CCCC2)cc1. The maximum absolute atomic E-state index is 13.0. The van der Waals surface area contributed by atoms with Crippen LogP contribution in [0.2, 0.25) is 0 Å². The number of hydrogen-bond donors (Lipinski definition) is 1. The van der Waals surface area contributed by atoms with Crippen LogP contribution in [0.15, 0.2) is 54.1 Å². The zero-order chi connectivity index (χ0) is 20.5. The lowest BCUT2D eigenvalue weighted by Crippen LogP contribution is -2.37. The molecule has 1 heterocycles. The average molecular weight is 391 g/mol. The number of ketones is 1. The molecule has 0 radical (unpaired) electrons. The lowest BCUT2D eigenvalue weighted by atomic mass is 9.94. The lowest BCUT2D eigenvalue weighted by molar-refractivity contribution is -0.141. The van der Waals surface area contributed by atoms with Crippen LogP contribution in [-0.4, -0.2) is 34.8 Å². The number of Topliss-reactive ketones (excluding diaryl/α,β-unsaturated/α-hetero) is 1. The van der Waals surface area contributed by atoms with E-state index in [1.165, 1.54) is 0 Å². The summed E-state index contributed by atoms with van der Waals surface area (Å²) in [6, 6.07) is 14.1. The number of carbonyl (C=O) groups is 2. The van der Waals surface area contributed by atoms with Gasteiger partial charge in [0.25, 0.3) is 11.7 Å². The van der Waals surface area contributed by atoms with Gasteiger partial charge in [-0.1, -0.05) is 54.8 Å². The highest BCUT2D eigenvalue weighted by atomic mass is 16.5. The van der Waals surface area contributed by atoms with E-state index in [9.17, 15) is 14.7 Å². The molecule has 2 fully saturated rings. The summed E-state index contributed by atoms with van der Waals surface area (Å²) in [5, 5.41) is 11.0. The molecule has 5 nitrogen and oxygen atoms in total. The van der Waals surface area contributed by atoms with Crippen LogP contribution in [0.3, 0.4) is 0 Å². The van der Waals surface area contributed by atoms with Crippen molar-refractivity contribution >= 4 is 17.4 Å². The summed E-state index contributed by atoms with van der Waals surface area (Å²) in [6.07, 6.45) is 3.84. The van der Waals surface area contributed by atoms with Gasteiger partial charge in [0, 0.05) is 11.6 Å². The molecule has 0 aromatic heterocycles. The van der Waals surface area contributed by atoms with Crippen LogP contribution in [0, 0.1) is 6.92 Å². The van der Waals surface area contributed by atoms with Gasteiger partial charge in [0.15, 0.2) is 0 Å². The number of benzene rings is 2. The van der Waals surface area contributed by atoms with Crippen LogP contribution in [0.5, 0.6) is 5.75 Å².